The predicted molar refractivity (Wildman–Crippen MR) is 74.0 cm³/mol. The SMILES string of the molecule is CCCC1CC(N)CN(C(CC)C2CCC2)C1. The lowest BCUT2D eigenvalue weighted by Gasteiger charge is -2.46. The topological polar surface area (TPSA) is 29.3 Å². The van der Waals surface area contributed by atoms with E-state index in [-0.39, 0.29) is 0 Å². The first kappa shape index (κ1) is 13.4. The second-order valence-corrected chi connectivity index (χ2v) is 6.27. The molecule has 3 unspecified atom stereocenters. The van der Waals surface area contributed by atoms with Crippen LogP contribution in [-0.4, -0.2) is 30.1 Å². The van der Waals surface area contributed by atoms with Gasteiger partial charge in [0.05, 0.1) is 0 Å². The van der Waals surface area contributed by atoms with Crippen molar-refractivity contribution in [3.63, 3.8) is 0 Å². The van der Waals surface area contributed by atoms with Crippen LogP contribution in [-0.2, 0) is 0 Å². The van der Waals surface area contributed by atoms with E-state index >= 15 is 0 Å². The lowest BCUT2D eigenvalue weighted by molar-refractivity contribution is 0.0446. The summed E-state index contributed by atoms with van der Waals surface area (Å²) in [5.74, 6) is 1.84. The van der Waals surface area contributed by atoms with Crippen LogP contribution in [0.1, 0.15) is 58.8 Å². The van der Waals surface area contributed by atoms with Gasteiger partial charge < -0.3 is 5.73 Å². The molecule has 2 aliphatic rings. The molecule has 1 aliphatic heterocycles. The largest absolute Gasteiger partial charge is 0.327 e. The third-order valence-electron chi connectivity index (χ3n) is 4.88. The van der Waals surface area contributed by atoms with Gasteiger partial charge in [-0.05, 0) is 43.9 Å². The van der Waals surface area contributed by atoms with Crippen LogP contribution in [0.15, 0.2) is 0 Å². The number of piperidine rings is 1. The highest BCUT2D eigenvalue weighted by Crippen LogP contribution is 2.35. The van der Waals surface area contributed by atoms with Gasteiger partial charge in [-0.3, -0.25) is 4.90 Å². The van der Waals surface area contributed by atoms with Gasteiger partial charge in [-0.15, -0.1) is 0 Å². The third-order valence-corrected chi connectivity index (χ3v) is 4.88. The molecule has 2 nitrogen and oxygen atoms in total. The molecule has 2 N–H and O–H groups in total. The maximum absolute atomic E-state index is 6.26. The van der Waals surface area contributed by atoms with Crippen LogP contribution in [0, 0.1) is 11.8 Å². The van der Waals surface area contributed by atoms with Gasteiger partial charge in [0.25, 0.3) is 0 Å². The molecule has 0 aromatic carbocycles. The van der Waals surface area contributed by atoms with E-state index in [0.29, 0.717) is 6.04 Å². The smallest absolute Gasteiger partial charge is 0.0171 e. The van der Waals surface area contributed by atoms with Gasteiger partial charge in [0.2, 0.25) is 0 Å². The van der Waals surface area contributed by atoms with Crippen molar-refractivity contribution >= 4 is 0 Å². The Labute approximate surface area is 107 Å². The van der Waals surface area contributed by atoms with Crippen molar-refractivity contribution in [2.75, 3.05) is 13.1 Å². The Hall–Kier alpha value is -0.0800. The quantitative estimate of drug-likeness (QED) is 0.798. The second kappa shape index (κ2) is 6.19. The van der Waals surface area contributed by atoms with Crippen LogP contribution in [0.5, 0.6) is 0 Å². The fourth-order valence-corrected chi connectivity index (χ4v) is 3.89. The van der Waals surface area contributed by atoms with E-state index in [9.17, 15) is 0 Å². The minimum absolute atomic E-state index is 0.425. The Morgan fingerprint density at radius 2 is 2.00 bits per heavy atom. The molecule has 0 radical (unpaired) electrons. The van der Waals surface area contributed by atoms with Crippen LogP contribution in [0.25, 0.3) is 0 Å². The van der Waals surface area contributed by atoms with Gasteiger partial charge in [-0.1, -0.05) is 26.7 Å². The molecule has 2 rings (SSSR count). The molecular weight excluding hydrogens is 208 g/mol. The summed E-state index contributed by atoms with van der Waals surface area (Å²) < 4.78 is 0. The summed E-state index contributed by atoms with van der Waals surface area (Å²) in [6.45, 7) is 7.12. The van der Waals surface area contributed by atoms with Gasteiger partial charge in [0.1, 0.15) is 0 Å². The highest BCUT2D eigenvalue weighted by Gasteiger charge is 2.34. The number of nitrogens with two attached hydrogens (primary N) is 1. The number of hydrogen-bond donors (Lipinski definition) is 1. The highest BCUT2D eigenvalue weighted by atomic mass is 15.2. The Morgan fingerprint density at radius 3 is 2.53 bits per heavy atom. The van der Waals surface area contributed by atoms with Crippen molar-refractivity contribution < 1.29 is 0 Å². The van der Waals surface area contributed by atoms with E-state index in [0.717, 1.165) is 24.4 Å². The first-order valence-corrected chi connectivity index (χ1v) is 7.74. The standard InChI is InChI=1S/C15H30N2/c1-3-6-12-9-14(16)11-17(10-12)15(4-2)13-7-5-8-13/h12-15H,3-11,16H2,1-2H3. The summed E-state index contributed by atoms with van der Waals surface area (Å²) >= 11 is 0. The van der Waals surface area contributed by atoms with E-state index in [2.05, 4.69) is 18.7 Å². The zero-order valence-corrected chi connectivity index (χ0v) is 11.7. The molecule has 0 spiro atoms. The molecule has 1 heterocycles. The normalized spacial score (nSPS) is 33.4. The molecule has 0 bridgehead atoms. The lowest BCUT2D eigenvalue weighted by atomic mass is 9.77. The lowest BCUT2D eigenvalue weighted by Crippen LogP contribution is -2.53. The van der Waals surface area contributed by atoms with Gasteiger partial charge >= 0.3 is 0 Å². The first-order chi connectivity index (χ1) is 8.24. The van der Waals surface area contributed by atoms with Crippen LogP contribution < -0.4 is 5.73 Å². The molecule has 2 fully saturated rings. The van der Waals surface area contributed by atoms with Crippen molar-refractivity contribution in [1.82, 2.24) is 4.90 Å². The van der Waals surface area contributed by atoms with Crippen LogP contribution in [0.2, 0.25) is 0 Å². The number of likely N-dealkylation sites (tertiary alicyclic amines) is 1. The molecule has 2 heteroatoms. The van der Waals surface area contributed by atoms with E-state index in [1.807, 2.05) is 0 Å². The average Bonchev–Trinajstić information content (AvgIpc) is 2.22. The van der Waals surface area contributed by atoms with E-state index in [1.54, 1.807) is 0 Å². The summed E-state index contributed by atoms with van der Waals surface area (Å²) in [7, 11) is 0. The highest BCUT2D eigenvalue weighted by molar-refractivity contribution is 4.90. The Balaban J connectivity index is 1.92. The summed E-state index contributed by atoms with van der Waals surface area (Å²) in [6.07, 6.45) is 9.63. The molecule has 100 valence electrons. The Bertz CT molecular complexity index is 225. The minimum Gasteiger partial charge on any atom is -0.327 e. The van der Waals surface area contributed by atoms with E-state index in [4.69, 9.17) is 5.73 Å². The van der Waals surface area contributed by atoms with Crippen molar-refractivity contribution in [1.29, 1.82) is 0 Å². The first-order valence-electron chi connectivity index (χ1n) is 7.74. The van der Waals surface area contributed by atoms with Gasteiger partial charge in [0, 0.05) is 25.2 Å². The molecule has 1 saturated carbocycles. The van der Waals surface area contributed by atoms with Crippen molar-refractivity contribution in [2.45, 2.75) is 70.9 Å². The predicted octanol–water partition coefficient (Wildman–Crippen LogP) is 3.01. The van der Waals surface area contributed by atoms with Gasteiger partial charge in [-0.25, -0.2) is 0 Å². The maximum Gasteiger partial charge on any atom is 0.0171 e. The number of nitrogens with zero attached hydrogens (tertiary/aromatic N) is 1. The molecule has 3 atom stereocenters. The summed E-state index contributed by atoms with van der Waals surface area (Å²) in [5, 5.41) is 0. The summed E-state index contributed by atoms with van der Waals surface area (Å²) in [6, 6.07) is 1.25. The zero-order chi connectivity index (χ0) is 12.3. The van der Waals surface area contributed by atoms with E-state index < -0.39 is 0 Å². The fraction of sp³-hybridized carbons (Fsp3) is 1.00. The molecule has 1 saturated heterocycles. The van der Waals surface area contributed by atoms with Crippen LogP contribution in [0.3, 0.4) is 0 Å². The molecule has 0 aromatic rings. The second-order valence-electron chi connectivity index (χ2n) is 6.27. The average molecular weight is 238 g/mol. The minimum atomic E-state index is 0.425. The molecule has 1 aliphatic carbocycles. The molecule has 0 amide bonds. The van der Waals surface area contributed by atoms with Gasteiger partial charge in [0.15, 0.2) is 0 Å². The van der Waals surface area contributed by atoms with Crippen LogP contribution >= 0.6 is 0 Å². The van der Waals surface area contributed by atoms with Crippen molar-refractivity contribution in [3.8, 4) is 0 Å². The van der Waals surface area contributed by atoms with Crippen molar-refractivity contribution in [3.05, 3.63) is 0 Å². The zero-order valence-electron chi connectivity index (χ0n) is 11.7. The third kappa shape index (κ3) is 3.23. The Morgan fingerprint density at radius 1 is 1.24 bits per heavy atom. The molecule has 17 heavy (non-hydrogen) atoms. The molecular formula is C15H30N2. The van der Waals surface area contributed by atoms with Gasteiger partial charge in [-0.2, -0.15) is 0 Å². The fourth-order valence-electron chi connectivity index (χ4n) is 3.89. The van der Waals surface area contributed by atoms with E-state index in [1.165, 1.54) is 51.5 Å². The summed E-state index contributed by atoms with van der Waals surface area (Å²) in [5.41, 5.74) is 6.26. The monoisotopic (exact) mass is 238 g/mol. The summed E-state index contributed by atoms with van der Waals surface area (Å²) in [4.78, 5) is 2.73. The van der Waals surface area contributed by atoms with Crippen molar-refractivity contribution in [2.24, 2.45) is 17.6 Å². The van der Waals surface area contributed by atoms with Crippen LogP contribution in [0.4, 0.5) is 0 Å². The number of hydrogen-bond acceptors (Lipinski definition) is 2. The number of rotatable bonds is 5. The molecule has 0 aromatic heterocycles. The Kier molecular flexibility index (Phi) is 4.87. The maximum atomic E-state index is 6.26.